The van der Waals surface area contributed by atoms with Crippen LogP contribution >= 0.6 is 0 Å². The lowest BCUT2D eigenvalue weighted by molar-refractivity contribution is 0.0967. The van der Waals surface area contributed by atoms with Gasteiger partial charge in [-0.3, -0.25) is 4.79 Å². The largest absolute Gasteiger partial charge is 0.497 e. The van der Waals surface area contributed by atoms with Crippen LogP contribution in [-0.4, -0.2) is 47.7 Å². The number of rotatable bonds is 5. The fourth-order valence-corrected chi connectivity index (χ4v) is 5.67. The molecule has 3 heterocycles. The van der Waals surface area contributed by atoms with E-state index in [0.717, 1.165) is 69.0 Å². The Morgan fingerprint density at radius 2 is 1.85 bits per heavy atom. The Bertz CT molecular complexity index is 1590. The highest BCUT2D eigenvalue weighted by molar-refractivity contribution is 6.30. The van der Waals surface area contributed by atoms with Crippen molar-refractivity contribution in [3.05, 3.63) is 53.6 Å². The van der Waals surface area contributed by atoms with Gasteiger partial charge in [0.05, 0.1) is 23.7 Å². The quantitative estimate of drug-likeness (QED) is 0.433. The number of aryl methyl sites for hydroxylation is 2. The first-order valence-electron chi connectivity index (χ1n) is 11.5. The van der Waals surface area contributed by atoms with Crippen LogP contribution in [0.15, 0.2) is 42.5 Å². The average Bonchev–Trinajstić information content (AvgIpc) is 3.44. The number of carbonyl (C=O) groups is 1. The lowest BCUT2D eigenvalue weighted by Crippen LogP contribution is -2.15. The van der Waals surface area contributed by atoms with Crippen LogP contribution in [0.1, 0.15) is 22.3 Å². The van der Waals surface area contributed by atoms with Crippen molar-refractivity contribution < 1.29 is 9.53 Å². The van der Waals surface area contributed by atoms with Crippen LogP contribution in [-0.2, 0) is 20.1 Å². The summed E-state index contributed by atoms with van der Waals surface area (Å²) in [6, 6.07) is 14.7. The number of para-hydroxylation sites is 1. The van der Waals surface area contributed by atoms with E-state index < -0.39 is 0 Å². The van der Waals surface area contributed by atoms with Crippen molar-refractivity contribution in [3.63, 3.8) is 0 Å². The second-order valence-electron chi connectivity index (χ2n) is 9.25. The maximum absolute atomic E-state index is 13.2. The summed E-state index contributed by atoms with van der Waals surface area (Å²) in [7, 11) is 8.05. The number of carbonyl (C=O) groups excluding carboxylic acids is 1. The van der Waals surface area contributed by atoms with E-state index in [4.69, 9.17) is 4.74 Å². The van der Waals surface area contributed by atoms with Gasteiger partial charge in [-0.1, -0.05) is 18.2 Å². The number of nitrogens with one attached hydrogen (secondary N) is 1. The molecular weight excluding hydrogens is 412 g/mol. The first-order valence-corrected chi connectivity index (χ1v) is 11.5. The number of fused-ring (bicyclic) bond motifs is 10. The Kier molecular flexibility index (Phi) is 4.42. The van der Waals surface area contributed by atoms with Gasteiger partial charge in [0, 0.05) is 52.7 Å². The van der Waals surface area contributed by atoms with E-state index in [2.05, 4.69) is 76.9 Å². The number of hydrogen-bond donors (Lipinski definition) is 1. The van der Waals surface area contributed by atoms with Gasteiger partial charge in [0.15, 0.2) is 0 Å². The lowest BCUT2D eigenvalue weighted by atomic mass is 9.97. The number of nitrogens with zero attached hydrogens (tertiary/aromatic N) is 3. The first-order chi connectivity index (χ1) is 16.0. The van der Waals surface area contributed by atoms with Crippen molar-refractivity contribution in [2.75, 3.05) is 27.7 Å². The smallest absolute Gasteiger partial charge is 0.252 e. The number of benzene rings is 3. The van der Waals surface area contributed by atoms with Crippen LogP contribution in [0.5, 0.6) is 5.75 Å². The molecule has 6 rings (SSSR count). The molecule has 0 spiro atoms. The predicted molar refractivity (Wildman–Crippen MR) is 134 cm³/mol. The van der Waals surface area contributed by atoms with E-state index in [1.54, 1.807) is 7.11 Å². The normalized spacial score (nSPS) is 13.7. The zero-order valence-corrected chi connectivity index (χ0v) is 19.5. The topological polar surface area (TPSA) is 51.4 Å². The van der Waals surface area contributed by atoms with Gasteiger partial charge in [-0.25, -0.2) is 0 Å². The second kappa shape index (κ2) is 7.25. The highest BCUT2D eigenvalue weighted by Gasteiger charge is 2.31. The van der Waals surface area contributed by atoms with E-state index in [0.29, 0.717) is 6.54 Å². The number of methoxy groups -OCH3 is 1. The zero-order valence-electron chi connectivity index (χ0n) is 19.5. The van der Waals surface area contributed by atoms with Gasteiger partial charge in [-0.2, -0.15) is 0 Å². The maximum atomic E-state index is 13.2. The van der Waals surface area contributed by atoms with E-state index in [-0.39, 0.29) is 5.91 Å². The molecule has 5 aromatic rings. The minimum Gasteiger partial charge on any atom is -0.497 e. The van der Waals surface area contributed by atoms with Crippen molar-refractivity contribution >= 4 is 49.5 Å². The van der Waals surface area contributed by atoms with Crippen LogP contribution < -0.4 is 10.1 Å². The van der Waals surface area contributed by atoms with Crippen molar-refractivity contribution in [1.29, 1.82) is 0 Å². The fourth-order valence-electron chi connectivity index (χ4n) is 5.67. The number of ether oxygens (including phenoxy) is 1. The molecule has 1 aliphatic heterocycles. The van der Waals surface area contributed by atoms with Gasteiger partial charge < -0.3 is 24.1 Å². The molecular formula is C27H28N4O2. The summed E-state index contributed by atoms with van der Waals surface area (Å²) in [6.07, 6.45) is 1.03. The molecule has 1 aliphatic rings. The maximum Gasteiger partial charge on any atom is 0.252 e. The third-order valence-corrected chi connectivity index (χ3v) is 7.10. The molecule has 168 valence electrons. The van der Waals surface area contributed by atoms with Crippen LogP contribution in [0, 0.1) is 0 Å². The fraction of sp³-hybridized carbons (Fsp3) is 0.296. The summed E-state index contributed by atoms with van der Waals surface area (Å²) in [5.74, 6) is 0.848. The second-order valence-corrected chi connectivity index (χ2v) is 9.25. The Hall–Kier alpha value is -3.51. The summed E-state index contributed by atoms with van der Waals surface area (Å²) >= 11 is 0. The standard InChI is InChI=1S/C27H28N4O2/c1-29(2)12-7-13-31-21-9-6-5-8-17(21)23-24-19(15-28-27(24)32)22-18-14-16(33-4)10-11-20(18)30(3)25(22)26(23)31/h5-6,8-11,14H,7,12-13,15H2,1-4H3,(H,28,32). The van der Waals surface area contributed by atoms with E-state index in [1.165, 1.54) is 11.0 Å². The summed E-state index contributed by atoms with van der Waals surface area (Å²) < 4.78 is 10.3. The molecule has 33 heavy (non-hydrogen) atoms. The van der Waals surface area contributed by atoms with Gasteiger partial charge >= 0.3 is 0 Å². The predicted octanol–water partition coefficient (Wildman–Crippen LogP) is 4.64. The molecule has 6 heteroatoms. The van der Waals surface area contributed by atoms with Crippen LogP contribution in [0.2, 0.25) is 0 Å². The lowest BCUT2D eigenvalue weighted by Gasteiger charge is -2.13. The summed E-state index contributed by atoms with van der Waals surface area (Å²) in [5, 5.41) is 7.62. The molecule has 0 saturated carbocycles. The first kappa shape index (κ1) is 20.1. The van der Waals surface area contributed by atoms with Gasteiger partial charge in [0.1, 0.15) is 5.75 Å². The van der Waals surface area contributed by atoms with Gasteiger partial charge in [-0.05, 0) is 56.9 Å². The van der Waals surface area contributed by atoms with Gasteiger partial charge in [0.25, 0.3) is 5.91 Å². The molecule has 1 N–H and O–H groups in total. The third kappa shape index (κ3) is 2.74. The van der Waals surface area contributed by atoms with Crippen LogP contribution in [0.4, 0.5) is 0 Å². The molecule has 1 amide bonds. The minimum absolute atomic E-state index is 0.0213. The Morgan fingerprint density at radius 1 is 1.03 bits per heavy atom. The number of hydrogen-bond acceptors (Lipinski definition) is 3. The summed E-state index contributed by atoms with van der Waals surface area (Å²) in [6.45, 7) is 2.45. The highest BCUT2D eigenvalue weighted by atomic mass is 16.5. The molecule has 0 fully saturated rings. The molecule has 0 saturated heterocycles. The van der Waals surface area contributed by atoms with Crippen molar-refractivity contribution in [2.45, 2.75) is 19.5 Å². The molecule has 0 radical (unpaired) electrons. The molecule has 0 unspecified atom stereocenters. The van der Waals surface area contributed by atoms with E-state index in [9.17, 15) is 4.79 Å². The van der Waals surface area contributed by atoms with Crippen molar-refractivity contribution in [3.8, 4) is 5.75 Å². The average molecular weight is 441 g/mol. The molecule has 3 aromatic carbocycles. The summed E-state index contributed by atoms with van der Waals surface area (Å²) in [4.78, 5) is 15.4. The molecule has 0 bridgehead atoms. The van der Waals surface area contributed by atoms with Gasteiger partial charge in [0.2, 0.25) is 0 Å². The molecule has 6 nitrogen and oxygen atoms in total. The van der Waals surface area contributed by atoms with E-state index in [1.807, 2.05) is 6.07 Å². The van der Waals surface area contributed by atoms with Crippen LogP contribution in [0.25, 0.3) is 43.6 Å². The monoisotopic (exact) mass is 440 g/mol. The van der Waals surface area contributed by atoms with Crippen LogP contribution in [0.3, 0.4) is 0 Å². The molecule has 2 aromatic heterocycles. The summed E-state index contributed by atoms with van der Waals surface area (Å²) in [5.41, 5.74) is 6.59. The van der Waals surface area contributed by atoms with Crippen molar-refractivity contribution in [2.24, 2.45) is 7.05 Å². The van der Waals surface area contributed by atoms with Crippen molar-refractivity contribution in [1.82, 2.24) is 19.4 Å². The highest BCUT2D eigenvalue weighted by Crippen LogP contribution is 2.45. The molecule has 0 atom stereocenters. The number of aromatic nitrogens is 2. The Morgan fingerprint density at radius 3 is 2.64 bits per heavy atom. The zero-order chi connectivity index (χ0) is 22.9. The Labute approximate surface area is 192 Å². The Balaban J connectivity index is 1.83. The number of amides is 1. The minimum atomic E-state index is 0.0213. The van der Waals surface area contributed by atoms with E-state index >= 15 is 0 Å². The SMILES string of the molecule is COc1ccc2c(c1)c1c3c(c4c5ccccc5n(CCCN(C)C)c4c1n2C)C(=O)NC3. The third-order valence-electron chi connectivity index (χ3n) is 7.10. The van der Waals surface area contributed by atoms with Gasteiger partial charge in [-0.15, -0.1) is 0 Å². The molecule has 0 aliphatic carbocycles.